The lowest BCUT2D eigenvalue weighted by atomic mass is 9.78. The highest BCUT2D eigenvalue weighted by molar-refractivity contribution is 7.66. The maximum absolute atomic E-state index is 13.5. The summed E-state index contributed by atoms with van der Waals surface area (Å²) >= 11 is 0. The molecule has 5 rings (SSSR count). The SMILES string of the molecule is CC(C)(C)c1cc(CP(=O)(O)c2ccccc2)cc(C(C)(C)C)c1O.CC(C)(C)c1cc([P+](=O)O)cc(C(C)(C)C)c1O.COP(=O)(Cc1cc(C(C)(C)C)c(O)c(C(C)(C)C)c1)c1ccccc1. The molecule has 12 heteroatoms. The fourth-order valence-electron chi connectivity index (χ4n) is 7.89. The molecule has 5 aromatic rings. The largest absolute Gasteiger partial charge is 0.546 e. The van der Waals surface area contributed by atoms with Crippen molar-refractivity contribution in [3.63, 3.8) is 0 Å². The van der Waals surface area contributed by atoms with Gasteiger partial charge in [0.2, 0.25) is 20.0 Å². The molecule has 5 N–H and O–H groups in total. The van der Waals surface area contributed by atoms with Gasteiger partial charge in [0.1, 0.15) is 17.2 Å². The Bertz CT molecular complexity index is 2560. The van der Waals surface area contributed by atoms with Crippen LogP contribution in [0.5, 0.6) is 17.2 Å². The molecule has 3 atom stereocenters. The van der Waals surface area contributed by atoms with Crippen LogP contribution in [0.25, 0.3) is 0 Å². The molecule has 0 fully saturated rings. The van der Waals surface area contributed by atoms with Crippen LogP contribution in [0.1, 0.15) is 169 Å². The van der Waals surface area contributed by atoms with Gasteiger partial charge in [-0.25, -0.2) is 0 Å². The zero-order valence-electron chi connectivity index (χ0n) is 44.9. The van der Waals surface area contributed by atoms with Gasteiger partial charge in [-0.15, -0.1) is 0 Å². The quantitative estimate of drug-likeness (QED) is 0.0953. The summed E-state index contributed by atoms with van der Waals surface area (Å²) in [5.74, 6) is 0.854. The third kappa shape index (κ3) is 15.7. The normalized spacial score (nSPS) is 14.6. The topological polar surface area (TPSA) is 162 Å². The molecule has 9 nitrogen and oxygen atoms in total. The van der Waals surface area contributed by atoms with E-state index in [1.807, 2.05) is 144 Å². The van der Waals surface area contributed by atoms with Crippen LogP contribution in [0.2, 0.25) is 0 Å². The first-order valence-electron chi connectivity index (χ1n) is 23.5. The third-order valence-corrected chi connectivity index (χ3v) is 16.9. The van der Waals surface area contributed by atoms with E-state index in [1.165, 1.54) is 7.11 Å². The minimum absolute atomic E-state index is 0.0590. The van der Waals surface area contributed by atoms with Crippen molar-refractivity contribution >= 4 is 38.7 Å². The lowest BCUT2D eigenvalue weighted by molar-refractivity contribution is 0.401. The highest BCUT2D eigenvalue weighted by atomic mass is 31.2. The lowest BCUT2D eigenvalue weighted by Gasteiger charge is -2.29. The summed E-state index contributed by atoms with van der Waals surface area (Å²) in [6.45, 7) is 36.5. The minimum atomic E-state index is -3.51. The van der Waals surface area contributed by atoms with Crippen molar-refractivity contribution in [1.82, 2.24) is 0 Å². The number of phenolic OH excluding ortho intramolecular Hbond substituents is 3. The first-order valence-corrected chi connectivity index (χ1v) is 28.4. The number of hydrogen-bond donors (Lipinski definition) is 5. The molecular formula is C57H82O9P3+. The number of phenols is 3. The number of benzene rings is 5. The number of aromatic hydroxyl groups is 3. The van der Waals surface area contributed by atoms with Gasteiger partial charge in [-0.1, -0.05) is 185 Å². The molecule has 378 valence electrons. The van der Waals surface area contributed by atoms with Gasteiger partial charge >= 0.3 is 8.03 Å². The van der Waals surface area contributed by atoms with Crippen LogP contribution in [-0.2, 0) is 63.0 Å². The van der Waals surface area contributed by atoms with Crippen LogP contribution in [-0.4, -0.2) is 32.2 Å². The molecule has 0 saturated carbocycles. The maximum atomic E-state index is 13.5. The monoisotopic (exact) mass is 1000 g/mol. The lowest BCUT2D eigenvalue weighted by Crippen LogP contribution is -2.20. The van der Waals surface area contributed by atoms with Crippen molar-refractivity contribution < 1.29 is 43.3 Å². The van der Waals surface area contributed by atoms with E-state index in [9.17, 15) is 38.8 Å². The van der Waals surface area contributed by atoms with Crippen molar-refractivity contribution in [2.24, 2.45) is 0 Å². The van der Waals surface area contributed by atoms with Crippen LogP contribution in [0, 0.1) is 0 Å². The fraction of sp³-hybridized carbons (Fsp3) is 0.474. The van der Waals surface area contributed by atoms with Gasteiger partial charge in [0.15, 0.2) is 0 Å². The Hall–Kier alpha value is -4.06. The average Bonchev–Trinajstić information content (AvgIpc) is 3.20. The number of rotatable bonds is 8. The predicted molar refractivity (Wildman–Crippen MR) is 290 cm³/mol. The third-order valence-electron chi connectivity index (χ3n) is 11.9. The molecule has 0 amide bonds. The van der Waals surface area contributed by atoms with Crippen LogP contribution in [0.15, 0.2) is 97.1 Å². The van der Waals surface area contributed by atoms with E-state index in [1.54, 1.807) is 36.4 Å². The second-order valence-electron chi connectivity index (χ2n) is 24.3. The van der Waals surface area contributed by atoms with Crippen LogP contribution in [0.3, 0.4) is 0 Å². The van der Waals surface area contributed by atoms with Gasteiger partial charge in [0.25, 0.3) is 0 Å². The summed E-state index contributed by atoms with van der Waals surface area (Å²) in [6.07, 6.45) is 0.364. The molecular weight excluding hydrogens is 922 g/mol. The van der Waals surface area contributed by atoms with Crippen molar-refractivity contribution in [3.05, 3.63) is 142 Å². The summed E-state index contributed by atoms with van der Waals surface area (Å²) in [4.78, 5) is 19.9. The predicted octanol–water partition coefficient (Wildman–Crippen LogP) is 14.2. The number of hydrogen-bond acceptors (Lipinski definition) is 7. The van der Waals surface area contributed by atoms with E-state index < -0.39 is 22.8 Å². The second kappa shape index (κ2) is 21.7. The van der Waals surface area contributed by atoms with Gasteiger partial charge in [0.05, 0.1) is 12.3 Å². The van der Waals surface area contributed by atoms with E-state index in [4.69, 9.17) is 4.52 Å². The van der Waals surface area contributed by atoms with E-state index in [-0.39, 0.29) is 50.2 Å². The molecule has 3 unspecified atom stereocenters. The molecule has 0 aliphatic carbocycles. The van der Waals surface area contributed by atoms with Crippen molar-refractivity contribution in [2.75, 3.05) is 7.11 Å². The van der Waals surface area contributed by atoms with Crippen molar-refractivity contribution in [2.45, 2.75) is 169 Å². The molecule has 0 aliphatic rings. The molecule has 5 aromatic carbocycles. The maximum Gasteiger partial charge on any atom is 0.546 e. The summed E-state index contributed by atoms with van der Waals surface area (Å²) in [6, 6.07) is 29.0. The van der Waals surface area contributed by atoms with E-state index in [0.29, 0.717) is 39.0 Å². The molecule has 0 heterocycles. The zero-order valence-corrected chi connectivity index (χ0v) is 47.5. The van der Waals surface area contributed by atoms with Gasteiger partial charge in [-0.2, -0.15) is 4.89 Å². The molecule has 0 aliphatic heterocycles. The Kier molecular flexibility index (Phi) is 18.7. The molecule has 0 saturated heterocycles. The van der Waals surface area contributed by atoms with Crippen LogP contribution < -0.4 is 15.9 Å². The van der Waals surface area contributed by atoms with Crippen molar-refractivity contribution in [1.29, 1.82) is 0 Å². The fourth-order valence-corrected chi connectivity index (χ4v) is 11.7. The second-order valence-corrected chi connectivity index (χ2v) is 30.1. The van der Waals surface area contributed by atoms with Gasteiger partial charge in [-0.05, 0) is 94.7 Å². The summed E-state index contributed by atoms with van der Waals surface area (Å²) in [7, 11) is -7.42. The van der Waals surface area contributed by atoms with Crippen molar-refractivity contribution in [3.8, 4) is 17.2 Å². The Morgan fingerprint density at radius 2 is 0.710 bits per heavy atom. The summed E-state index contributed by atoms with van der Waals surface area (Å²) in [5, 5.41) is 33.6. The van der Waals surface area contributed by atoms with Crippen LogP contribution in [0.4, 0.5) is 0 Å². The van der Waals surface area contributed by atoms with E-state index >= 15 is 0 Å². The zero-order chi connectivity index (χ0) is 53.1. The Labute approximate surface area is 415 Å². The Morgan fingerprint density at radius 3 is 0.971 bits per heavy atom. The van der Waals surface area contributed by atoms with E-state index in [0.717, 1.165) is 33.4 Å². The highest BCUT2D eigenvalue weighted by Crippen LogP contribution is 2.51. The molecule has 0 bridgehead atoms. The van der Waals surface area contributed by atoms with E-state index in [2.05, 4.69) is 41.5 Å². The van der Waals surface area contributed by atoms with Gasteiger partial charge < -0.3 is 24.7 Å². The molecule has 0 aromatic heterocycles. The molecule has 0 radical (unpaired) electrons. The Balaban J connectivity index is 0.000000279. The van der Waals surface area contributed by atoms with Crippen LogP contribution >= 0.6 is 22.8 Å². The highest BCUT2D eigenvalue weighted by Gasteiger charge is 2.33. The first-order chi connectivity index (χ1) is 31.1. The van der Waals surface area contributed by atoms with Gasteiger partial charge in [0, 0.05) is 41.0 Å². The molecule has 0 spiro atoms. The standard InChI is InChI=1S/C22H31O3P.C21H29O3P.C14H21O3P/c1-21(2,3)18-13-16(14-19(20(18)23)22(4,5)6)15-26(24,25-7)17-11-9-8-10-12-17;1-20(2,3)17-12-15(13-18(19(17)22)21(4,5)6)14-25(23,24)16-10-8-7-9-11-16;1-13(2,3)10-7-9(18(16)17)8-11(12(10)15)14(4,5)6/h8-14,23H,15H2,1-7H3;7-13,22H,14H2,1-6H3,(H,23,24);7-8H,1-6H3,(H-,15,16,17)/p+1. The minimum Gasteiger partial charge on any atom is -0.507 e. The van der Waals surface area contributed by atoms with Gasteiger partial charge in [-0.3, -0.25) is 9.13 Å². The molecule has 69 heavy (non-hydrogen) atoms. The first kappa shape index (κ1) is 59.2. The average molecular weight is 1000 g/mol. The smallest absolute Gasteiger partial charge is 0.507 e. The Morgan fingerprint density at radius 1 is 0.449 bits per heavy atom. The summed E-state index contributed by atoms with van der Waals surface area (Å²) in [5.41, 5.74) is 4.99. The summed E-state index contributed by atoms with van der Waals surface area (Å²) < 4.78 is 43.2.